The summed E-state index contributed by atoms with van der Waals surface area (Å²) >= 11 is 6.17. The average molecular weight is 451 g/mol. The molecule has 162 valence electrons. The molecule has 2 aromatic carbocycles. The Bertz CT molecular complexity index is 1010. The Morgan fingerprint density at radius 1 is 1.23 bits per heavy atom. The zero-order valence-electron chi connectivity index (χ0n) is 17.5. The highest BCUT2D eigenvalue weighted by molar-refractivity contribution is 7.92. The Morgan fingerprint density at radius 2 is 1.93 bits per heavy atom. The molecule has 0 bridgehead atoms. The van der Waals surface area contributed by atoms with E-state index in [1.165, 1.54) is 13.2 Å². The molecule has 6 nitrogen and oxygen atoms in total. The van der Waals surface area contributed by atoms with E-state index in [0.29, 0.717) is 29.8 Å². The minimum absolute atomic E-state index is 0.106. The van der Waals surface area contributed by atoms with Crippen LogP contribution in [0.3, 0.4) is 0 Å². The lowest BCUT2D eigenvalue weighted by atomic mass is 10.0. The van der Waals surface area contributed by atoms with Crippen molar-refractivity contribution in [1.29, 1.82) is 0 Å². The van der Waals surface area contributed by atoms with E-state index >= 15 is 0 Å². The number of hydrogen-bond acceptors (Lipinski definition) is 4. The predicted octanol–water partition coefficient (Wildman–Crippen LogP) is 4.11. The smallest absolute Gasteiger partial charge is 0.264 e. The van der Waals surface area contributed by atoms with Crippen molar-refractivity contribution in [3.05, 3.63) is 53.1 Å². The van der Waals surface area contributed by atoms with E-state index in [1.807, 2.05) is 6.92 Å². The van der Waals surface area contributed by atoms with E-state index in [9.17, 15) is 13.2 Å². The molecular weight excluding hydrogens is 424 g/mol. The number of ether oxygens (including phenoxy) is 1. The minimum Gasteiger partial charge on any atom is -0.495 e. The molecule has 2 aromatic rings. The van der Waals surface area contributed by atoms with Gasteiger partial charge in [0.2, 0.25) is 5.91 Å². The van der Waals surface area contributed by atoms with Crippen molar-refractivity contribution in [2.45, 2.75) is 31.6 Å². The fraction of sp³-hybridized carbons (Fsp3) is 0.409. The van der Waals surface area contributed by atoms with Gasteiger partial charge in [0.05, 0.1) is 17.7 Å². The van der Waals surface area contributed by atoms with Crippen LogP contribution in [0.15, 0.2) is 47.4 Å². The quantitative estimate of drug-likeness (QED) is 0.664. The van der Waals surface area contributed by atoms with Crippen LogP contribution in [-0.2, 0) is 14.8 Å². The Morgan fingerprint density at radius 3 is 2.57 bits per heavy atom. The van der Waals surface area contributed by atoms with Crippen LogP contribution >= 0.6 is 11.6 Å². The first-order valence-corrected chi connectivity index (χ1v) is 11.7. The van der Waals surface area contributed by atoms with Crippen molar-refractivity contribution in [2.75, 3.05) is 31.0 Å². The van der Waals surface area contributed by atoms with Gasteiger partial charge in [-0.05, 0) is 56.0 Å². The summed E-state index contributed by atoms with van der Waals surface area (Å²) in [4.78, 5) is 14.9. The number of aryl methyl sites for hydroxylation is 1. The maximum absolute atomic E-state index is 13.6. The summed E-state index contributed by atoms with van der Waals surface area (Å²) in [6.07, 6.45) is 1.98. The van der Waals surface area contributed by atoms with Crippen molar-refractivity contribution < 1.29 is 17.9 Å². The molecule has 1 amide bonds. The van der Waals surface area contributed by atoms with E-state index in [2.05, 4.69) is 6.92 Å². The Balaban J connectivity index is 2.04. The number of likely N-dealkylation sites (tertiary alicyclic amines) is 1. The Hall–Kier alpha value is -2.25. The zero-order chi connectivity index (χ0) is 21.9. The SMILES string of the molecule is COc1ccc(Cl)cc1N(CC(=O)N1CCC[C@@H](C)C1)S(=O)(=O)c1ccc(C)cc1. The largest absolute Gasteiger partial charge is 0.495 e. The topological polar surface area (TPSA) is 66.9 Å². The van der Waals surface area contributed by atoms with Gasteiger partial charge in [-0.3, -0.25) is 9.10 Å². The zero-order valence-corrected chi connectivity index (χ0v) is 19.0. The first-order valence-electron chi connectivity index (χ1n) is 9.93. The number of amides is 1. The molecule has 1 aliphatic rings. The van der Waals surface area contributed by atoms with Gasteiger partial charge >= 0.3 is 0 Å². The highest BCUT2D eigenvalue weighted by Gasteiger charge is 2.32. The predicted molar refractivity (Wildman–Crippen MR) is 119 cm³/mol. The second-order valence-electron chi connectivity index (χ2n) is 7.73. The summed E-state index contributed by atoms with van der Waals surface area (Å²) in [5, 5.41) is 0.356. The van der Waals surface area contributed by atoms with Crippen LogP contribution in [0.5, 0.6) is 5.75 Å². The van der Waals surface area contributed by atoms with E-state index in [-0.39, 0.29) is 23.0 Å². The standard InChI is InChI=1S/C22H27ClN2O4S/c1-16-6-9-19(10-7-16)30(27,28)25(20-13-18(23)8-11-21(20)29-3)15-22(26)24-12-4-5-17(2)14-24/h6-11,13,17H,4-5,12,14-15H2,1-3H3/t17-/m1/s1. The number of carbonyl (C=O) groups is 1. The third kappa shape index (κ3) is 4.90. The lowest BCUT2D eigenvalue weighted by molar-refractivity contribution is -0.131. The van der Waals surface area contributed by atoms with Gasteiger partial charge in [0.25, 0.3) is 10.0 Å². The van der Waals surface area contributed by atoms with Gasteiger partial charge in [0, 0.05) is 18.1 Å². The van der Waals surface area contributed by atoms with Gasteiger partial charge in [-0.15, -0.1) is 0 Å². The fourth-order valence-corrected chi connectivity index (χ4v) is 5.22. The molecule has 0 radical (unpaired) electrons. The van der Waals surface area contributed by atoms with E-state index in [1.54, 1.807) is 41.3 Å². The van der Waals surface area contributed by atoms with Gasteiger partial charge in [-0.25, -0.2) is 8.42 Å². The molecule has 0 aliphatic carbocycles. The number of methoxy groups -OCH3 is 1. The first-order chi connectivity index (χ1) is 14.2. The monoisotopic (exact) mass is 450 g/mol. The fourth-order valence-electron chi connectivity index (χ4n) is 3.63. The molecule has 1 saturated heterocycles. The van der Waals surface area contributed by atoms with Crippen LogP contribution in [-0.4, -0.2) is 46.0 Å². The maximum atomic E-state index is 13.6. The van der Waals surface area contributed by atoms with Crippen molar-refractivity contribution >= 4 is 33.2 Å². The summed E-state index contributed by atoms with van der Waals surface area (Å²) in [6.45, 7) is 4.92. The number of halogens is 1. The molecule has 1 heterocycles. The molecule has 0 N–H and O–H groups in total. The van der Waals surface area contributed by atoms with E-state index < -0.39 is 10.0 Å². The van der Waals surface area contributed by atoms with Crippen LogP contribution in [0.4, 0.5) is 5.69 Å². The molecule has 3 rings (SSSR count). The second kappa shape index (κ2) is 9.27. The van der Waals surface area contributed by atoms with E-state index in [0.717, 1.165) is 22.7 Å². The molecular formula is C22H27ClN2O4S. The number of carbonyl (C=O) groups excluding carboxylic acids is 1. The van der Waals surface area contributed by atoms with Crippen LogP contribution in [0.2, 0.25) is 5.02 Å². The molecule has 0 spiro atoms. The number of nitrogens with zero attached hydrogens (tertiary/aromatic N) is 2. The third-order valence-electron chi connectivity index (χ3n) is 5.31. The summed E-state index contributed by atoms with van der Waals surface area (Å²) in [5.41, 5.74) is 1.18. The third-order valence-corrected chi connectivity index (χ3v) is 7.32. The summed E-state index contributed by atoms with van der Waals surface area (Å²) in [7, 11) is -2.56. The van der Waals surface area contributed by atoms with Crippen molar-refractivity contribution in [1.82, 2.24) is 4.90 Å². The summed E-state index contributed by atoms with van der Waals surface area (Å²) in [6, 6.07) is 11.3. The Labute approximate surface area is 183 Å². The molecule has 30 heavy (non-hydrogen) atoms. The molecule has 0 saturated carbocycles. The number of rotatable bonds is 6. The van der Waals surface area contributed by atoms with Gasteiger partial charge in [0.15, 0.2) is 0 Å². The van der Waals surface area contributed by atoms with Crippen LogP contribution < -0.4 is 9.04 Å². The number of anilines is 1. The van der Waals surface area contributed by atoms with E-state index in [4.69, 9.17) is 16.3 Å². The lowest BCUT2D eigenvalue weighted by Gasteiger charge is -2.33. The Kier molecular flexibility index (Phi) is 6.93. The molecule has 0 aromatic heterocycles. The summed E-state index contributed by atoms with van der Waals surface area (Å²) < 4.78 is 33.6. The normalized spacial score (nSPS) is 16.9. The molecule has 8 heteroatoms. The van der Waals surface area contributed by atoms with Gasteiger partial charge in [-0.1, -0.05) is 36.2 Å². The highest BCUT2D eigenvalue weighted by Crippen LogP contribution is 2.35. The van der Waals surface area contributed by atoms with Crippen LogP contribution in [0.25, 0.3) is 0 Å². The number of piperidine rings is 1. The number of benzene rings is 2. The molecule has 1 fully saturated rings. The number of hydrogen-bond donors (Lipinski definition) is 0. The van der Waals surface area contributed by atoms with Crippen LogP contribution in [0, 0.1) is 12.8 Å². The van der Waals surface area contributed by atoms with Gasteiger partial charge in [-0.2, -0.15) is 0 Å². The molecule has 0 unspecified atom stereocenters. The number of sulfonamides is 1. The minimum atomic E-state index is -4.02. The van der Waals surface area contributed by atoms with Crippen molar-refractivity contribution in [2.24, 2.45) is 5.92 Å². The lowest BCUT2D eigenvalue weighted by Crippen LogP contribution is -2.46. The van der Waals surface area contributed by atoms with Gasteiger partial charge < -0.3 is 9.64 Å². The highest BCUT2D eigenvalue weighted by atomic mass is 35.5. The summed E-state index contributed by atoms with van der Waals surface area (Å²) in [5.74, 6) is 0.486. The molecule has 1 atom stereocenters. The van der Waals surface area contributed by atoms with Crippen molar-refractivity contribution in [3.63, 3.8) is 0 Å². The van der Waals surface area contributed by atoms with Crippen LogP contribution in [0.1, 0.15) is 25.3 Å². The second-order valence-corrected chi connectivity index (χ2v) is 10.0. The average Bonchev–Trinajstić information content (AvgIpc) is 2.72. The molecule has 1 aliphatic heterocycles. The first kappa shape index (κ1) is 22.4. The maximum Gasteiger partial charge on any atom is 0.264 e. The van der Waals surface area contributed by atoms with Gasteiger partial charge in [0.1, 0.15) is 12.3 Å². The van der Waals surface area contributed by atoms with Crippen molar-refractivity contribution in [3.8, 4) is 5.75 Å².